The van der Waals surface area contributed by atoms with Gasteiger partial charge in [-0.05, 0) is 103 Å². The van der Waals surface area contributed by atoms with Crippen LogP contribution in [0.3, 0.4) is 0 Å². The van der Waals surface area contributed by atoms with E-state index in [1.165, 1.54) is 31.2 Å². The molecule has 0 bridgehead atoms. The first-order chi connectivity index (χ1) is 36.8. The van der Waals surface area contributed by atoms with Gasteiger partial charge in [0, 0.05) is 66.5 Å². The summed E-state index contributed by atoms with van der Waals surface area (Å²) in [6.45, 7) is 11.8. The fraction of sp³-hybridized carbons (Fsp3) is 0.789. The summed E-state index contributed by atoms with van der Waals surface area (Å²) in [6, 6.07) is 8.79. The standard InChI is InChI=1S/C57H95N7O10S2/c1-57(2,3)74-51(67)29-34-71-36-38-73-39-37-72-35-31-59-54(68)44-27-25-43(26-28-44)40-64(33-19-11-7-9-17-30-58-50(66)24-16-15-23-49-53-47(42-76-49)61-56(70)63-53)32-18-10-6-4-5-8-12-20-45(65)21-13-14-22-48-52-46(41-75-48)60-55(69)62-52/h25-28,46-49,52-53H,4-24,29-42H2,1-3H3,(H,58,66)(H,59,68)(H2,60,62,69)(H2,61,63,70). The molecule has 1 aromatic carbocycles. The van der Waals surface area contributed by atoms with Crippen molar-refractivity contribution in [2.24, 2.45) is 0 Å². The number of ketones is 1. The maximum absolute atomic E-state index is 12.9. The Labute approximate surface area is 463 Å². The van der Waals surface area contributed by atoms with Gasteiger partial charge in [-0.15, -0.1) is 0 Å². The molecule has 4 heterocycles. The molecule has 6 unspecified atom stereocenters. The summed E-state index contributed by atoms with van der Waals surface area (Å²) in [4.78, 5) is 75.5. The van der Waals surface area contributed by atoms with Gasteiger partial charge < -0.3 is 50.8 Å². The van der Waals surface area contributed by atoms with E-state index in [1.807, 2.05) is 56.4 Å². The van der Waals surface area contributed by atoms with Crippen LogP contribution >= 0.6 is 23.5 Å². The first-order valence-electron chi connectivity index (χ1n) is 29.0. The Morgan fingerprint density at radius 2 is 1.07 bits per heavy atom. The third kappa shape index (κ3) is 26.4. The van der Waals surface area contributed by atoms with Gasteiger partial charge in [0.2, 0.25) is 5.91 Å². The molecule has 6 N–H and O–H groups in total. The highest BCUT2D eigenvalue weighted by Crippen LogP contribution is 2.34. The lowest BCUT2D eigenvalue weighted by Gasteiger charge is -2.23. The van der Waals surface area contributed by atoms with Crippen molar-refractivity contribution >= 4 is 59.2 Å². The van der Waals surface area contributed by atoms with E-state index < -0.39 is 5.60 Å². The van der Waals surface area contributed by atoms with Crippen LogP contribution in [0.15, 0.2) is 24.3 Å². The van der Waals surface area contributed by atoms with Crippen molar-refractivity contribution in [1.29, 1.82) is 0 Å². The van der Waals surface area contributed by atoms with E-state index >= 15 is 0 Å². The number of ether oxygens (including phenoxy) is 4. The molecule has 5 rings (SSSR count). The molecule has 0 radical (unpaired) electrons. The molecule has 19 heteroatoms. The monoisotopic (exact) mass is 1100 g/mol. The molecule has 4 fully saturated rings. The van der Waals surface area contributed by atoms with E-state index in [0.717, 1.165) is 128 Å². The topological polar surface area (TPSA) is 215 Å². The lowest BCUT2D eigenvalue weighted by molar-refractivity contribution is -0.156. The number of unbranched alkanes of at least 4 members (excludes halogenated alkanes) is 12. The minimum Gasteiger partial charge on any atom is -0.460 e. The summed E-state index contributed by atoms with van der Waals surface area (Å²) in [6.07, 6.45) is 21.5. The van der Waals surface area contributed by atoms with Crippen LogP contribution in [-0.4, -0.2) is 158 Å². The van der Waals surface area contributed by atoms with Gasteiger partial charge in [-0.25, -0.2) is 9.59 Å². The fourth-order valence-electron chi connectivity index (χ4n) is 10.3. The smallest absolute Gasteiger partial charge is 0.315 e. The van der Waals surface area contributed by atoms with Gasteiger partial charge >= 0.3 is 18.0 Å². The molecular formula is C57H95N7O10S2. The number of carbonyl (C=O) groups is 6. The van der Waals surface area contributed by atoms with Gasteiger partial charge in [0.25, 0.3) is 5.91 Å². The number of fused-ring (bicyclic) bond motifs is 2. The average molecular weight is 1100 g/mol. The van der Waals surface area contributed by atoms with Crippen molar-refractivity contribution in [3.8, 4) is 0 Å². The number of carbonyl (C=O) groups excluding carboxylic acids is 6. The number of amides is 6. The van der Waals surface area contributed by atoms with Gasteiger partial charge in [0.05, 0.1) is 70.2 Å². The molecule has 430 valence electrons. The second kappa shape index (κ2) is 36.5. The summed E-state index contributed by atoms with van der Waals surface area (Å²) < 4.78 is 21.9. The number of benzene rings is 1. The van der Waals surface area contributed by atoms with Gasteiger partial charge in [-0.1, -0.05) is 76.3 Å². The van der Waals surface area contributed by atoms with Crippen LogP contribution in [0.1, 0.15) is 178 Å². The predicted octanol–water partition coefficient (Wildman–Crippen LogP) is 8.21. The quantitative estimate of drug-likeness (QED) is 0.0207. The van der Waals surface area contributed by atoms with Crippen molar-refractivity contribution in [2.75, 3.05) is 77.3 Å². The summed E-state index contributed by atoms with van der Waals surface area (Å²) in [5, 5.41) is 19.1. The number of rotatable bonds is 43. The van der Waals surface area contributed by atoms with Crippen molar-refractivity contribution in [1.82, 2.24) is 36.8 Å². The zero-order valence-electron chi connectivity index (χ0n) is 46.4. The number of Topliss-reactive ketones (excluding diaryl/α,β-unsaturated/α-hetero) is 1. The van der Waals surface area contributed by atoms with E-state index in [1.54, 1.807) is 0 Å². The normalized spacial score (nSPS) is 20.7. The summed E-state index contributed by atoms with van der Waals surface area (Å²) in [5.41, 5.74) is 1.30. The SMILES string of the molecule is CC(C)(C)OC(=O)CCOCCOCCOCCNC(=O)c1ccc(CN(CCCCCCCCCC(=O)CCCCC2SCC3NC(=O)NC32)CCCCCCCNC(=O)CCCCC2SCC3NC(=O)NC32)cc1. The third-order valence-electron chi connectivity index (χ3n) is 14.4. The molecule has 1 aromatic rings. The summed E-state index contributed by atoms with van der Waals surface area (Å²) >= 11 is 3.86. The Morgan fingerprint density at radius 3 is 1.64 bits per heavy atom. The number of esters is 1. The van der Waals surface area contributed by atoms with Crippen molar-refractivity contribution in [2.45, 2.75) is 209 Å². The minimum atomic E-state index is -0.502. The number of hydrogen-bond acceptors (Lipinski definition) is 13. The van der Waals surface area contributed by atoms with Gasteiger partial charge in [0.15, 0.2) is 0 Å². The largest absolute Gasteiger partial charge is 0.460 e. The zero-order valence-corrected chi connectivity index (χ0v) is 48.0. The molecule has 6 atom stereocenters. The Balaban J connectivity index is 0.895. The second-order valence-electron chi connectivity index (χ2n) is 22.0. The highest BCUT2D eigenvalue weighted by Gasteiger charge is 2.43. The van der Waals surface area contributed by atoms with Gasteiger partial charge in [-0.3, -0.25) is 24.1 Å². The molecular weight excluding hydrogens is 1010 g/mol. The van der Waals surface area contributed by atoms with Crippen LogP contribution in [0.25, 0.3) is 0 Å². The zero-order chi connectivity index (χ0) is 54.2. The van der Waals surface area contributed by atoms with Crippen LogP contribution in [-0.2, 0) is 39.9 Å². The molecule has 4 aliphatic rings. The molecule has 0 spiro atoms. The molecule has 6 amide bonds. The Morgan fingerprint density at radius 1 is 0.566 bits per heavy atom. The first kappa shape index (κ1) is 63.2. The minimum absolute atomic E-state index is 0.0425. The molecule has 4 saturated heterocycles. The van der Waals surface area contributed by atoms with Crippen LogP contribution in [0.5, 0.6) is 0 Å². The second-order valence-corrected chi connectivity index (χ2v) is 24.6. The molecule has 4 aliphatic heterocycles. The van der Waals surface area contributed by atoms with Crippen LogP contribution in [0.2, 0.25) is 0 Å². The van der Waals surface area contributed by atoms with Crippen LogP contribution < -0.4 is 31.9 Å². The van der Waals surface area contributed by atoms with Crippen LogP contribution in [0.4, 0.5) is 9.59 Å². The Kier molecular flexibility index (Phi) is 30.4. The van der Waals surface area contributed by atoms with E-state index in [0.29, 0.717) is 80.7 Å². The maximum atomic E-state index is 12.9. The molecule has 76 heavy (non-hydrogen) atoms. The third-order valence-corrected chi connectivity index (χ3v) is 17.4. The van der Waals surface area contributed by atoms with Crippen molar-refractivity contribution in [3.05, 3.63) is 35.4 Å². The lowest BCUT2D eigenvalue weighted by atomic mass is 10.0. The van der Waals surface area contributed by atoms with Gasteiger partial charge in [0.1, 0.15) is 11.4 Å². The molecule has 0 aliphatic carbocycles. The van der Waals surface area contributed by atoms with E-state index in [4.69, 9.17) is 18.9 Å². The van der Waals surface area contributed by atoms with Crippen molar-refractivity contribution in [3.63, 3.8) is 0 Å². The van der Waals surface area contributed by atoms with E-state index in [2.05, 4.69) is 48.9 Å². The number of nitrogens with zero attached hydrogens (tertiary/aromatic N) is 1. The Hall–Kier alpha value is -3.62. The summed E-state index contributed by atoms with van der Waals surface area (Å²) in [5.74, 6) is 2.05. The van der Waals surface area contributed by atoms with E-state index in [-0.39, 0.29) is 67.0 Å². The lowest BCUT2D eigenvalue weighted by Crippen LogP contribution is -2.36. The fourth-order valence-corrected chi connectivity index (χ4v) is 13.4. The van der Waals surface area contributed by atoms with Crippen molar-refractivity contribution < 1.29 is 47.7 Å². The maximum Gasteiger partial charge on any atom is 0.315 e. The number of thioether (sulfide) groups is 2. The van der Waals surface area contributed by atoms with E-state index in [9.17, 15) is 28.8 Å². The molecule has 17 nitrogen and oxygen atoms in total. The predicted molar refractivity (Wildman–Crippen MR) is 303 cm³/mol. The first-order valence-corrected chi connectivity index (χ1v) is 31.1. The van der Waals surface area contributed by atoms with Gasteiger partial charge in [-0.2, -0.15) is 23.5 Å². The Bertz CT molecular complexity index is 1880. The number of hydrogen-bond donors (Lipinski definition) is 6. The number of nitrogens with one attached hydrogen (secondary N) is 6. The molecule has 0 saturated carbocycles. The number of urea groups is 2. The summed E-state index contributed by atoms with van der Waals surface area (Å²) in [7, 11) is 0. The highest BCUT2D eigenvalue weighted by atomic mass is 32.2. The molecule has 0 aromatic heterocycles. The highest BCUT2D eigenvalue weighted by molar-refractivity contribution is 8.00. The van der Waals surface area contributed by atoms with Crippen LogP contribution in [0, 0.1) is 0 Å². The average Bonchev–Trinajstić information content (AvgIpc) is 4.16.